The minimum absolute atomic E-state index is 0.0437. The first kappa shape index (κ1) is 17.0. The number of aryl methyl sites for hydroxylation is 2. The van der Waals surface area contributed by atoms with Crippen LogP contribution >= 0.6 is 11.6 Å². The molecular weight excluding hydrogens is 342 g/mol. The summed E-state index contributed by atoms with van der Waals surface area (Å²) in [7, 11) is 0. The molecule has 2 spiro atoms. The van der Waals surface area contributed by atoms with Crippen molar-refractivity contribution >= 4 is 23.1 Å². The van der Waals surface area contributed by atoms with Crippen LogP contribution in [0.2, 0.25) is 5.02 Å². The number of nitrogens with one attached hydrogen (secondary N) is 1. The fourth-order valence-electron chi connectivity index (χ4n) is 4.34. The van der Waals surface area contributed by atoms with Gasteiger partial charge in [-0.15, -0.1) is 0 Å². The van der Waals surface area contributed by atoms with E-state index in [-0.39, 0.29) is 18.1 Å². The van der Waals surface area contributed by atoms with Crippen LogP contribution in [-0.4, -0.2) is 35.2 Å². The van der Waals surface area contributed by atoms with E-state index in [0.717, 1.165) is 35.1 Å². The minimum atomic E-state index is -0.849. The molecule has 0 bridgehead atoms. The summed E-state index contributed by atoms with van der Waals surface area (Å²) in [6, 6.07) is 3.78. The van der Waals surface area contributed by atoms with Crippen molar-refractivity contribution in [3.8, 4) is 0 Å². The number of benzene rings is 1. The number of aliphatic hydroxyl groups is 1. The topological polar surface area (TPSA) is 67.8 Å². The predicted molar refractivity (Wildman–Crippen MR) is 94.0 cm³/mol. The van der Waals surface area contributed by atoms with Gasteiger partial charge in [0.2, 0.25) is 0 Å². The Morgan fingerprint density at radius 2 is 1.84 bits per heavy atom. The number of hydrogen-bond acceptors (Lipinski definition) is 4. The largest absolute Gasteiger partial charge is 0.366 e. The minimum Gasteiger partial charge on any atom is -0.366 e. The Hall–Kier alpha value is -1.40. The molecule has 1 aromatic rings. The van der Waals surface area contributed by atoms with Crippen LogP contribution in [0.5, 0.6) is 0 Å². The van der Waals surface area contributed by atoms with E-state index >= 15 is 0 Å². The molecule has 1 unspecified atom stereocenters. The van der Waals surface area contributed by atoms with Gasteiger partial charge >= 0.3 is 0 Å². The van der Waals surface area contributed by atoms with Gasteiger partial charge in [0, 0.05) is 23.4 Å². The predicted octanol–water partition coefficient (Wildman–Crippen LogP) is 2.84. The van der Waals surface area contributed by atoms with E-state index < -0.39 is 12.1 Å². The van der Waals surface area contributed by atoms with Crippen LogP contribution in [0.4, 0.5) is 0 Å². The lowest BCUT2D eigenvalue weighted by molar-refractivity contribution is -0.218. The number of amides is 1. The van der Waals surface area contributed by atoms with Gasteiger partial charge in [-0.3, -0.25) is 4.79 Å². The number of aliphatic hydroxyl groups excluding tert-OH is 1. The molecule has 3 aliphatic rings. The number of carbonyl (C=O) groups is 1. The lowest BCUT2D eigenvalue weighted by atomic mass is 9.78. The smallest absolute Gasteiger partial charge is 0.252 e. The molecule has 25 heavy (non-hydrogen) atoms. The van der Waals surface area contributed by atoms with Crippen molar-refractivity contribution in [3.05, 3.63) is 39.9 Å². The SMILES string of the molecule is Cc1cc(Cl)cc(C)c1C1=CC2(CCC3(CC2)OCC(O)O3)NC1=O. The Balaban J connectivity index is 1.62. The molecule has 2 aliphatic heterocycles. The highest BCUT2D eigenvalue weighted by Crippen LogP contribution is 2.45. The molecule has 2 N–H and O–H groups in total. The second-order valence-corrected chi connectivity index (χ2v) is 7.81. The third-order valence-electron chi connectivity index (χ3n) is 5.54. The highest BCUT2D eigenvalue weighted by atomic mass is 35.5. The van der Waals surface area contributed by atoms with E-state index in [2.05, 4.69) is 11.4 Å². The van der Waals surface area contributed by atoms with Crippen molar-refractivity contribution < 1.29 is 19.4 Å². The van der Waals surface area contributed by atoms with Crippen LogP contribution in [0.15, 0.2) is 18.2 Å². The summed E-state index contributed by atoms with van der Waals surface area (Å²) < 4.78 is 11.2. The van der Waals surface area contributed by atoms with Gasteiger partial charge in [-0.05, 0) is 61.6 Å². The number of halogens is 1. The van der Waals surface area contributed by atoms with Gasteiger partial charge in [-0.1, -0.05) is 11.6 Å². The highest BCUT2D eigenvalue weighted by molar-refractivity contribution is 6.31. The van der Waals surface area contributed by atoms with E-state index in [1.165, 1.54) is 0 Å². The van der Waals surface area contributed by atoms with Crippen LogP contribution in [0.25, 0.3) is 5.57 Å². The normalized spacial score (nSPS) is 34.6. The molecule has 0 radical (unpaired) electrons. The Kier molecular flexibility index (Phi) is 3.96. The number of ether oxygens (including phenoxy) is 2. The maximum absolute atomic E-state index is 12.7. The third-order valence-corrected chi connectivity index (χ3v) is 5.76. The van der Waals surface area contributed by atoms with Crippen molar-refractivity contribution in [2.45, 2.75) is 57.1 Å². The van der Waals surface area contributed by atoms with Crippen molar-refractivity contribution in [2.24, 2.45) is 0 Å². The number of hydrogen-bond donors (Lipinski definition) is 2. The van der Waals surface area contributed by atoms with Gasteiger partial charge in [0.25, 0.3) is 5.91 Å². The van der Waals surface area contributed by atoms with Crippen LogP contribution in [0, 0.1) is 13.8 Å². The van der Waals surface area contributed by atoms with E-state index in [1.54, 1.807) is 0 Å². The summed E-state index contributed by atoms with van der Waals surface area (Å²) in [5, 5.41) is 13.4. The summed E-state index contributed by atoms with van der Waals surface area (Å²) in [6.45, 7) is 4.17. The van der Waals surface area contributed by atoms with Crippen LogP contribution in [0.1, 0.15) is 42.4 Å². The van der Waals surface area contributed by atoms with E-state index in [1.807, 2.05) is 26.0 Å². The summed E-state index contributed by atoms with van der Waals surface area (Å²) in [4.78, 5) is 12.7. The molecule has 0 aromatic heterocycles. The quantitative estimate of drug-likeness (QED) is 0.805. The second-order valence-electron chi connectivity index (χ2n) is 7.38. The number of carbonyl (C=O) groups excluding carboxylic acids is 1. The molecule has 1 aromatic carbocycles. The first-order chi connectivity index (χ1) is 11.8. The van der Waals surface area contributed by atoms with Gasteiger partial charge in [0.1, 0.15) is 6.61 Å². The van der Waals surface area contributed by atoms with Crippen LogP contribution in [0.3, 0.4) is 0 Å². The van der Waals surface area contributed by atoms with Crippen molar-refractivity contribution in [3.63, 3.8) is 0 Å². The first-order valence-corrected chi connectivity index (χ1v) is 9.02. The highest BCUT2D eigenvalue weighted by Gasteiger charge is 2.50. The van der Waals surface area contributed by atoms with Gasteiger partial charge in [-0.25, -0.2) is 0 Å². The molecule has 134 valence electrons. The molecule has 5 nitrogen and oxygen atoms in total. The van der Waals surface area contributed by atoms with Crippen molar-refractivity contribution in [1.29, 1.82) is 0 Å². The molecule has 1 saturated heterocycles. The molecule has 1 amide bonds. The third kappa shape index (κ3) is 2.89. The monoisotopic (exact) mass is 363 g/mol. The van der Waals surface area contributed by atoms with E-state index in [4.69, 9.17) is 21.1 Å². The van der Waals surface area contributed by atoms with E-state index in [0.29, 0.717) is 17.9 Å². The van der Waals surface area contributed by atoms with Crippen LogP contribution < -0.4 is 5.32 Å². The van der Waals surface area contributed by atoms with Crippen molar-refractivity contribution in [2.75, 3.05) is 6.61 Å². The standard InChI is InChI=1S/C19H22ClNO4/c1-11-7-13(20)8-12(2)16(11)14-9-18(21-17(14)23)3-5-19(6-4-18)24-10-15(22)25-19/h7-9,15,22H,3-6,10H2,1-2H3,(H,21,23). The van der Waals surface area contributed by atoms with Gasteiger partial charge in [0.05, 0.1) is 5.54 Å². The van der Waals surface area contributed by atoms with Crippen LogP contribution in [-0.2, 0) is 14.3 Å². The molecule has 6 heteroatoms. The van der Waals surface area contributed by atoms with Gasteiger partial charge in [-0.2, -0.15) is 0 Å². The first-order valence-electron chi connectivity index (χ1n) is 8.64. The lowest BCUT2D eigenvalue weighted by Crippen LogP contribution is -2.50. The molecule has 1 atom stereocenters. The molecule has 2 heterocycles. The lowest BCUT2D eigenvalue weighted by Gasteiger charge is -2.40. The maximum Gasteiger partial charge on any atom is 0.252 e. The number of rotatable bonds is 1. The average molecular weight is 364 g/mol. The molecule has 1 aliphatic carbocycles. The zero-order valence-corrected chi connectivity index (χ0v) is 15.2. The van der Waals surface area contributed by atoms with Gasteiger partial charge in [0.15, 0.2) is 12.1 Å². The molecule has 2 fully saturated rings. The summed E-state index contributed by atoms with van der Waals surface area (Å²) in [5.74, 6) is -0.740. The van der Waals surface area contributed by atoms with Crippen molar-refractivity contribution in [1.82, 2.24) is 5.32 Å². The Labute approximate surface area is 152 Å². The van der Waals surface area contributed by atoms with Gasteiger partial charge < -0.3 is 19.9 Å². The molecular formula is C19H22ClNO4. The molecule has 1 saturated carbocycles. The summed E-state index contributed by atoms with van der Waals surface area (Å²) >= 11 is 6.12. The zero-order valence-electron chi connectivity index (χ0n) is 14.4. The Morgan fingerprint density at radius 3 is 2.40 bits per heavy atom. The maximum atomic E-state index is 12.7. The Bertz CT molecular complexity index is 742. The second kappa shape index (κ2) is 5.81. The summed E-state index contributed by atoms with van der Waals surface area (Å²) in [6.07, 6.45) is 3.95. The average Bonchev–Trinajstić information content (AvgIpc) is 3.04. The fourth-order valence-corrected chi connectivity index (χ4v) is 4.67. The fraction of sp³-hybridized carbons (Fsp3) is 0.526. The van der Waals surface area contributed by atoms with E-state index in [9.17, 15) is 9.90 Å². The Morgan fingerprint density at radius 1 is 1.20 bits per heavy atom. The molecule has 4 rings (SSSR count). The summed E-state index contributed by atoms with van der Waals surface area (Å²) in [5.41, 5.74) is 3.32. The zero-order chi connectivity index (χ0) is 17.8.